The van der Waals surface area contributed by atoms with E-state index in [9.17, 15) is 0 Å². The van der Waals surface area contributed by atoms with E-state index in [0.717, 1.165) is 44.6 Å². The summed E-state index contributed by atoms with van der Waals surface area (Å²) in [6, 6.07) is 10.3. The van der Waals surface area contributed by atoms with Crippen molar-refractivity contribution in [1.29, 1.82) is 0 Å². The van der Waals surface area contributed by atoms with Crippen molar-refractivity contribution in [2.45, 2.75) is 31.3 Å². The minimum absolute atomic E-state index is 0.413. The van der Waals surface area contributed by atoms with Gasteiger partial charge in [0.15, 0.2) is 5.82 Å². The SMILES string of the molecule is COC1(c2nc(CCc3ccccc3)no2)CCNCC1. The Bertz CT molecular complexity index is 562. The van der Waals surface area contributed by atoms with E-state index in [1.807, 2.05) is 18.2 Å². The first-order valence-electron chi connectivity index (χ1n) is 7.45. The minimum Gasteiger partial charge on any atom is -0.368 e. The molecule has 1 aromatic heterocycles. The van der Waals surface area contributed by atoms with Crippen molar-refractivity contribution in [1.82, 2.24) is 15.5 Å². The van der Waals surface area contributed by atoms with E-state index in [1.165, 1.54) is 5.56 Å². The van der Waals surface area contributed by atoms with E-state index < -0.39 is 5.60 Å². The highest BCUT2D eigenvalue weighted by atomic mass is 16.5. The number of ether oxygens (including phenoxy) is 1. The number of aromatic nitrogens is 2. The number of hydrogen-bond acceptors (Lipinski definition) is 5. The minimum atomic E-state index is -0.413. The molecule has 0 aliphatic carbocycles. The van der Waals surface area contributed by atoms with Crippen LogP contribution in [0.25, 0.3) is 0 Å². The van der Waals surface area contributed by atoms with Gasteiger partial charge in [-0.25, -0.2) is 0 Å². The summed E-state index contributed by atoms with van der Waals surface area (Å²) in [7, 11) is 1.72. The Kier molecular flexibility index (Phi) is 4.31. The molecule has 3 rings (SSSR count). The van der Waals surface area contributed by atoms with E-state index in [0.29, 0.717) is 5.89 Å². The lowest BCUT2D eigenvalue weighted by atomic mass is 9.92. The van der Waals surface area contributed by atoms with Crippen LogP contribution in [-0.2, 0) is 23.2 Å². The van der Waals surface area contributed by atoms with E-state index in [-0.39, 0.29) is 0 Å². The quantitative estimate of drug-likeness (QED) is 0.912. The molecule has 1 saturated heterocycles. The molecule has 0 saturated carbocycles. The second kappa shape index (κ2) is 6.37. The van der Waals surface area contributed by atoms with E-state index >= 15 is 0 Å². The smallest absolute Gasteiger partial charge is 0.258 e. The molecular weight excluding hydrogens is 266 g/mol. The van der Waals surface area contributed by atoms with Crippen LogP contribution in [0.4, 0.5) is 0 Å². The second-order valence-corrected chi connectivity index (χ2v) is 5.45. The van der Waals surface area contributed by atoms with Crippen molar-refractivity contribution in [3.05, 3.63) is 47.6 Å². The Morgan fingerprint density at radius 2 is 1.95 bits per heavy atom. The Balaban J connectivity index is 1.68. The zero-order valence-electron chi connectivity index (χ0n) is 12.3. The number of aryl methyl sites for hydroxylation is 2. The molecule has 1 N–H and O–H groups in total. The Morgan fingerprint density at radius 3 is 2.67 bits per heavy atom. The molecule has 0 spiro atoms. The van der Waals surface area contributed by atoms with Gasteiger partial charge in [0.25, 0.3) is 5.89 Å². The lowest BCUT2D eigenvalue weighted by Gasteiger charge is -2.32. The summed E-state index contributed by atoms with van der Waals surface area (Å²) in [4.78, 5) is 4.56. The standard InChI is InChI=1S/C16H21N3O2/c1-20-16(9-11-17-12-10-16)15-18-14(19-21-15)8-7-13-5-3-2-4-6-13/h2-6,17H,7-12H2,1H3. The van der Waals surface area contributed by atoms with Gasteiger partial charge in [-0.2, -0.15) is 4.98 Å². The van der Waals surface area contributed by atoms with Crippen molar-refractivity contribution < 1.29 is 9.26 Å². The molecule has 21 heavy (non-hydrogen) atoms. The molecule has 5 nitrogen and oxygen atoms in total. The summed E-state index contributed by atoms with van der Waals surface area (Å²) in [5.41, 5.74) is 0.871. The van der Waals surface area contributed by atoms with Gasteiger partial charge in [-0.1, -0.05) is 35.5 Å². The third-order valence-electron chi connectivity index (χ3n) is 4.14. The highest BCUT2D eigenvalue weighted by Crippen LogP contribution is 2.32. The molecule has 0 atom stereocenters. The van der Waals surface area contributed by atoms with Crippen LogP contribution in [0.1, 0.15) is 30.1 Å². The van der Waals surface area contributed by atoms with Gasteiger partial charge in [-0.3, -0.25) is 0 Å². The lowest BCUT2D eigenvalue weighted by Crippen LogP contribution is -2.41. The third-order valence-corrected chi connectivity index (χ3v) is 4.14. The lowest BCUT2D eigenvalue weighted by molar-refractivity contribution is -0.0622. The van der Waals surface area contributed by atoms with Crippen molar-refractivity contribution in [3.8, 4) is 0 Å². The molecule has 2 aromatic rings. The summed E-state index contributed by atoms with van der Waals surface area (Å²) >= 11 is 0. The molecule has 1 aromatic carbocycles. The van der Waals surface area contributed by atoms with Crippen molar-refractivity contribution >= 4 is 0 Å². The van der Waals surface area contributed by atoms with Gasteiger partial charge in [-0.05, 0) is 37.9 Å². The van der Waals surface area contributed by atoms with Crippen molar-refractivity contribution in [2.75, 3.05) is 20.2 Å². The van der Waals surface area contributed by atoms with Crippen LogP contribution >= 0.6 is 0 Å². The Morgan fingerprint density at radius 1 is 1.19 bits per heavy atom. The van der Waals surface area contributed by atoms with Gasteiger partial charge in [0.1, 0.15) is 5.60 Å². The number of nitrogens with zero attached hydrogens (tertiary/aromatic N) is 2. The predicted octanol–water partition coefficient (Wildman–Crippen LogP) is 2.08. The fourth-order valence-electron chi connectivity index (χ4n) is 2.78. The Labute approximate surface area is 124 Å². The second-order valence-electron chi connectivity index (χ2n) is 5.45. The zero-order valence-corrected chi connectivity index (χ0v) is 12.3. The molecule has 1 aliphatic heterocycles. The number of nitrogens with one attached hydrogen (secondary N) is 1. The first-order valence-corrected chi connectivity index (χ1v) is 7.45. The van der Waals surface area contributed by atoms with Crippen molar-refractivity contribution in [2.24, 2.45) is 0 Å². The van der Waals surface area contributed by atoms with Gasteiger partial charge in [-0.15, -0.1) is 0 Å². The molecule has 1 fully saturated rings. The normalized spacial score (nSPS) is 17.8. The maximum absolute atomic E-state index is 5.70. The highest BCUT2D eigenvalue weighted by molar-refractivity contribution is 5.15. The summed E-state index contributed by atoms with van der Waals surface area (Å²) < 4.78 is 11.2. The van der Waals surface area contributed by atoms with Gasteiger partial charge in [0.05, 0.1) is 0 Å². The van der Waals surface area contributed by atoms with Crippen LogP contribution in [0.5, 0.6) is 0 Å². The van der Waals surface area contributed by atoms with Gasteiger partial charge in [0.2, 0.25) is 0 Å². The zero-order chi connectivity index (χ0) is 14.5. The summed E-state index contributed by atoms with van der Waals surface area (Å²) in [5, 5.41) is 7.44. The van der Waals surface area contributed by atoms with Crippen LogP contribution in [0.3, 0.4) is 0 Å². The predicted molar refractivity (Wildman–Crippen MR) is 78.9 cm³/mol. The molecule has 2 heterocycles. The van der Waals surface area contributed by atoms with Crippen LogP contribution in [0.15, 0.2) is 34.9 Å². The monoisotopic (exact) mass is 287 g/mol. The van der Waals surface area contributed by atoms with E-state index in [1.54, 1.807) is 7.11 Å². The fraction of sp³-hybridized carbons (Fsp3) is 0.500. The molecule has 0 bridgehead atoms. The number of benzene rings is 1. The first kappa shape index (κ1) is 14.2. The molecule has 1 aliphatic rings. The summed E-state index contributed by atoms with van der Waals surface area (Å²) in [6.45, 7) is 1.82. The topological polar surface area (TPSA) is 60.2 Å². The average molecular weight is 287 g/mol. The summed E-state index contributed by atoms with van der Waals surface area (Å²) in [5.74, 6) is 1.37. The van der Waals surface area contributed by atoms with Gasteiger partial charge in [0, 0.05) is 13.5 Å². The Hall–Kier alpha value is -1.72. The molecule has 5 heteroatoms. The first-order chi connectivity index (χ1) is 10.3. The van der Waals surface area contributed by atoms with Crippen LogP contribution in [-0.4, -0.2) is 30.3 Å². The summed E-state index contributed by atoms with van der Waals surface area (Å²) in [6.07, 6.45) is 3.43. The molecule has 0 amide bonds. The highest BCUT2D eigenvalue weighted by Gasteiger charge is 2.39. The number of hydrogen-bond donors (Lipinski definition) is 1. The largest absolute Gasteiger partial charge is 0.368 e. The molecule has 112 valence electrons. The van der Waals surface area contributed by atoms with Crippen molar-refractivity contribution in [3.63, 3.8) is 0 Å². The molecule has 0 radical (unpaired) electrons. The van der Waals surface area contributed by atoms with Gasteiger partial charge >= 0.3 is 0 Å². The number of rotatable bonds is 5. The maximum Gasteiger partial charge on any atom is 0.258 e. The molecular formula is C16H21N3O2. The third kappa shape index (κ3) is 3.14. The average Bonchev–Trinajstić information content (AvgIpc) is 3.04. The maximum atomic E-state index is 5.70. The van der Waals surface area contributed by atoms with Crippen LogP contribution < -0.4 is 5.32 Å². The van der Waals surface area contributed by atoms with Crippen LogP contribution in [0.2, 0.25) is 0 Å². The number of piperidine rings is 1. The van der Waals surface area contributed by atoms with Crippen LogP contribution in [0, 0.1) is 0 Å². The fourth-order valence-corrected chi connectivity index (χ4v) is 2.78. The number of methoxy groups -OCH3 is 1. The molecule has 0 unspecified atom stereocenters. The van der Waals surface area contributed by atoms with E-state index in [4.69, 9.17) is 9.26 Å². The van der Waals surface area contributed by atoms with Gasteiger partial charge < -0.3 is 14.6 Å². The van der Waals surface area contributed by atoms with E-state index in [2.05, 4.69) is 27.6 Å².